The maximum absolute atomic E-state index is 13.9. The van der Waals surface area contributed by atoms with Gasteiger partial charge in [0.2, 0.25) is 29.5 Å². The summed E-state index contributed by atoms with van der Waals surface area (Å²) in [5.41, 5.74) is 12.5. The maximum atomic E-state index is 13.9. The van der Waals surface area contributed by atoms with E-state index in [9.17, 15) is 24.0 Å². The van der Waals surface area contributed by atoms with Crippen LogP contribution in [0.25, 0.3) is 10.9 Å². The summed E-state index contributed by atoms with van der Waals surface area (Å²) in [5.74, 6) is -3.26. The number of carbonyl (C=O) groups is 5. The number of H-pyrrole nitrogens is 1. The molecule has 1 heterocycles. The minimum atomic E-state index is -1.15. The van der Waals surface area contributed by atoms with Crippen LogP contribution in [0.3, 0.4) is 0 Å². The third-order valence-corrected chi connectivity index (χ3v) is 7.64. The molecule has 12 N–H and O–H groups in total. The van der Waals surface area contributed by atoms with Crippen molar-refractivity contribution in [3.63, 3.8) is 0 Å². The molecule has 0 aliphatic carbocycles. The summed E-state index contributed by atoms with van der Waals surface area (Å²) < 4.78 is 0. The van der Waals surface area contributed by atoms with Gasteiger partial charge in [-0.25, -0.2) is 0 Å². The number of carbonyl (C=O) groups excluding carboxylic acids is 5. The van der Waals surface area contributed by atoms with Crippen molar-refractivity contribution in [2.75, 3.05) is 13.6 Å². The molecule has 0 aliphatic rings. The Morgan fingerprint density at radius 1 is 0.833 bits per heavy atom. The molecule has 0 saturated heterocycles. The minimum absolute atomic E-state index is 0.0636. The lowest BCUT2D eigenvalue weighted by Crippen LogP contribution is -2.58. The molecule has 262 valence electrons. The van der Waals surface area contributed by atoms with E-state index in [1.54, 1.807) is 32.3 Å². The molecule has 48 heavy (non-hydrogen) atoms. The number of allylic oxidation sites excluding steroid dienone is 2. The molecular weight excluding hydrogens is 616 g/mol. The number of rotatable bonds is 20. The molecule has 0 bridgehead atoms. The van der Waals surface area contributed by atoms with Crippen molar-refractivity contribution in [2.24, 2.45) is 11.5 Å². The van der Waals surface area contributed by atoms with E-state index >= 15 is 0 Å². The van der Waals surface area contributed by atoms with E-state index in [-0.39, 0.29) is 37.7 Å². The van der Waals surface area contributed by atoms with E-state index in [2.05, 4.69) is 36.9 Å². The second-order valence-electron chi connectivity index (χ2n) is 11.3. The number of fused-ring (bicyclic) bond motifs is 1. The molecule has 0 unspecified atom stereocenters. The normalized spacial score (nSPS) is 14.5. The number of amides is 5. The van der Waals surface area contributed by atoms with Crippen LogP contribution in [-0.4, -0.2) is 84.3 Å². The molecule has 2 rings (SSSR count). The zero-order chi connectivity index (χ0) is 35.6. The smallest absolute Gasteiger partial charge is 0.243 e. The quantitative estimate of drug-likeness (QED) is 0.0396. The van der Waals surface area contributed by atoms with Gasteiger partial charge in [0.15, 0.2) is 5.96 Å². The molecule has 0 spiro atoms. The average molecular weight is 667 g/mol. The lowest BCUT2D eigenvalue weighted by molar-refractivity contribution is -0.134. The van der Waals surface area contributed by atoms with Gasteiger partial charge in [-0.05, 0) is 65.1 Å². The highest BCUT2D eigenvalue weighted by Crippen LogP contribution is 2.19. The number of hydrogen-bond donors (Lipinski definition) is 10. The first-order valence-corrected chi connectivity index (χ1v) is 15.9. The Morgan fingerprint density at radius 2 is 1.42 bits per heavy atom. The Kier molecular flexibility index (Phi) is 16.4. The van der Waals surface area contributed by atoms with Gasteiger partial charge in [-0.2, -0.15) is 0 Å². The molecule has 0 aliphatic heterocycles. The number of aromatic nitrogens is 1. The Labute approximate surface area is 281 Å². The number of guanidine groups is 1. The molecule has 2 aromatic rings. The van der Waals surface area contributed by atoms with Crippen molar-refractivity contribution in [1.29, 1.82) is 5.41 Å². The van der Waals surface area contributed by atoms with Gasteiger partial charge in [0, 0.05) is 30.1 Å². The molecule has 5 atom stereocenters. The number of hydrogen-bond acceptors (Lipinski definition) is 7. The fourth-order valence-electron chi connectivity index (χ4n) is 4.90. The Bertz CT molecular complexity index is 1470. The topological polar surface area (TPSA) is 249 Å². The fourth-order valence-corrected chi connectivity index (χ4v) is 4.90. The lowest BCUT2D eigenvalue weighted by Gasteiger charge is -2.26. The summed E-state index contributed by atoms with van der Waals surface area (Å²) >= 11 is 0. The van der Waals surface area contributed by atoms with Crippen LogP contribution >= 0.6 is 0 Å². The monoisotopic (exact) mass is 666 g/mol. The highest BCUT2D eigenvalue weighted by atomic mass is 16.2. The number of aromatic amines is 1. The van der Waals surface area contributed by atoms with Gasteiger partial charge in [0.25, 0.3) is 0 Å². The maximum Gasteiger partial charge on any atom is 0.243 e. The number of likely N-dealkylation sites (N-methyl/N-ethyl adjacent to an activating group) is 1. The Morgan fingerprint density at radius 3 is 2.04 bits per heavy atom. The molecule has 5 amide bonds. The zero-order valence-corrected chi connectivity index (χ0v) is 28.0. The fraction of sp³-hybridized carbons (Fsp3) is 0.455. The molecular formula is C33H50N10O5. The van der Waals surface area contributed by atoms with Crippen LogP contribution in [0.5, 0.6) is 0 Å². The zero-order valence-electron chi connectivity index (χ0n) is 28.0. The van der Waals surface area contributed by atoms with Crippen molar-refractivity contribution in [2.45, 2.75) is 83.1 Å². The van der Waals surface area contributed by atoms with E-state index in [0.29, 0.717) is 12.8 Å². The van der Waals surface area contributed by atoms with Gasteiger partial charge in [0.05, 0.1) is 6.04 Å². The van der Waals surface area contributed by atoms with Crippen molar-refractivity contribution < 1.29 is 24.0 Å². The van der Waals surface area contributed by atoms with Gasteiger partial charge in [-0.1, -0.05) is 42.5 Å². The standard InChI is InChI=1S/C33H50N10O5/c1-5-7-13-24(28(34)44)41-31(47)26(16-11-17-38-33(35)36)42-32(48)27(18-21-19-39-23-15-10-9-12-22(21)23)43-29(45)20(3)40-30(46)25(37-4)14-8-6-2/h5-10,12,15,19-20,24-27,37,39H,11,13-14,16-18H2,1-4H3,(H2,34,44)(H,40,46)(H,41,47)(H,42,48)(H,43,45)(H4,35,36,38)/b7-5+,8-6?/t20-,24-,25-,26-,27-/m0/s1. The van der Waals surface area contributed by atoms with Crippen molar-refractivity contribution in [1.82, 2.24) is 36.9 Å². The molecule has 15 heteroatoms. The number of para-hydroxylation sites is 1. The average Bonchev–Trinajstić information content (AvgIpc) is 3.46. The first kappa shape index (κ1) is 39.0. The lowest BCUT2D eigenvalue weighted by atomic mass is 10.0. The number of nitrogens with one attached hydrogen (secondary N) is 8. The minimum Gasteiger partial charge on any atom is -0.370 e. The summed E-state index contributed by atoms with van der Waals surface area (Å²) in [4.78, 5) is 68.8. The van der Waals surface area contributed by atoms with Crippen LogP contribution < -0.4 is 43.4 Å². The Hall–Kier alpha value is -5.18. The van der Waals surface area contributed by atoms with Crippen molar-refractivity contribution in [3.8, 4) is 0 Å². The summed E-state index contributed by atoms with van der Waals surface area (Å²) in [6.07, 6.45) is 9.91. The summed E-state index contributed by atoms with van der Waals surface area (Å²) in [6.45, 7) is 5.38. The molecule has 15 nitrogen and oxygen atoms in total. The molecule has 0 fully saturated rings. The van der Waals surface area contributed by atoms with Crippen LogP contribution in [0.15, 0.2) is 54.8 Å². The van der Waals surface area contributed by atoms with Crippen molar-refractivity contribution >= 4 is 46.4 Å². The molecule has 0 saturated carbocycles. The molecule has 0 radical (unpaired) electrons. The number of primary amides is 1. The third kappa shape index (κ3) is 12.5. The van der Waals surface area contributed by atoms with Gasteiger partial charge in [-0.15, -0.1) is 0 Å². The Balaban J connectivity index is 2.34. The first-order chi connectivity index (χ1) is 22.9. The second kappa shape index (κ2) is 20.1. The largest absolute Gasteiger partial charge is 0.370 e. The number of nitrogens with two attached hydrogens (primary N) is 2. The van der Waals surface area contributed by atoms with Crippen LogP contribution in [-0.2, 0) is 30.4 Å². The van der Waals surface area contributed by atoms with Gasteiger partial charge >= 0.3 is 0 Å². The predicted molar refractivity (Wildman–Crippen MR) is 185 cm³/mol. The van der Waals surface area contributed by atoms with Crippen LogP contribution in [0.4, 0.5) is 0 Å². The summed E-state index contributed by atoms with van der Waals surface area (Å²) in [6, 6.07) is 2.66. The first-order valence-electron chi connectivity index (χ1n) is 15.9. The number of benzene rings is 1. The highest BCUT2D eigenvalue weighted by molar-refractivity contribution is 5.96. The molecule has 1 aromatic heterocycles. The van der Waals surface area contributed by atoms with E-state index < -0.39 is 53.8 Å². The van der Waals surface area contributed by atoms with Crippen LogP contribution in [0.1, 0.15) is 52.0 Å². The van der Waals surface area contributed by atoms with E-state index in [4.69, 9.17) is 16.9 Å². The highest BCUT2D eigenvalue weighted by Gasteiger charge is 2.31. The predicted octanol–water partition coefficient (Wildman–Crippen LogP) is -0.0615. The van der Waals surface area contributed by atoms with Gasteiger partial charge < -0.3 is 48.4 Å². The van der Waals surface area contributed by atoms with Crippen LogP contribution in [0, 0.1) is 5.41 Å². The van der Waals surface area contributed by atoms with Gasteiger partial charge in [0.1, 0.15) is 24.2 Å². The van der Waals surface area contributed by atoms with E-state index in [1.165, 1.54) is 6.92 Å². The molecule has 1 aromatic carbocycles. The SMILES string of the molecule is CC=CC[C@H](NC)C(=O)N[C@@H](C)C(=O)N[C@@H](Cc1c[nH]c2ccccc12)C(=O)N[C@@H](CCCNC(=N)N)C(=O)N[C@@H](C/C=C/C)C(N)=O. The van der Waals surface area contributed by atoms with E-state index in [1.807, 2.05) is 43.3 Å². The van der Waals surface area contributed by atoms with Crippen LogP contribution in [0.2, 0.25) is 0 Å². The summed E-state index contributed by atoms with van der Waals surface area (Å²) in [7, 11) is 1.65. The van der Waals surface area contributed by atoms with Crippen molar-refractivity contribution in [3.05, 3.63) is 60.3 Å². The second-order valence-corrected chi connectivity index (χ2v) is 11.3. The summed E-state index contributed by atoms with van der Waals surface area (Å²) in [5, 5.41) is 24.6. The third-order valence-electron chi connectivity index (χ3n) is 7.64. The van der Waals surface area contributed by atoms with Gasteiger partial charge in [-0.3, -0.25) is 29.4 Å². The van der Waals surface area contributed by atoms with E-state index in [0.717, 1.165) is 16.5 Å².